The van der Waals surface area contributed by atoms with Crippen LogP contribution in [0.15, 0.2) is 94.8 Å². The van der Waals surface area contributed by atoms with E-state index in [1.54, 1.807) is 32.9 Å². The quantitative estimate of drug-likeness (QED) is 0.223. The Morgan fingerprint density at radius 3 is 1.94 bits per heavy atom. The highest BCUT2D eigenvalue weighted by molar-refractivity contribution is 7.83. The second kappa shape index (κ2) is 12.2. The van der Waals surface area contributed by atoms with Gasteiger partial charge in [-0.1, -0.05) is 78.4 Å². The molecular weight excluding hydrogens is 480 g/mol. The van der Waals surface area contributed by atoms with Crippen molar-refractivity contribution in [3.63, 3.8) is 0 Å². The minimum atomic E-state index is -1.62. The minimum Gasteiger partial charge on any atom is -0.464 e. The average molecular weight is 511 g/mol. The van der Waals surface area contributed by atoms with E-state index < -0.39 is 33.9 Å². The van der Waals surface area contributed by atoms with Crippen LogP contribution in [0.1, 0.15) is 37.5 Å². The van der Waals surface area contributed by atoms with Crippen molar-refractivity contribution in [2.24, 2.45) is 4.99 Å². The molecule has 0 unspecified atom stereocenters. The van der Waals surface area contributed by atoms with Crippen LogP contribution in [0.25, 0.3) is 0 Å². The molecule has 35 heavy (non-hydrogen) atoms. The van der Waals surface area contributed by atoms with E-state index in [4.69, 9.17) is 21.3 Å². The van der Waals surface area contributed by atoms with Gasteiger partial charge in [-0.2, -0.15) is 0 Å². The lowest BCUT2D eigenvalue weighted by atomic mass is 9.95. The Morgan fingerprint density at radius 1 is 0.971 bits per heavy atom. The summed E-state index contributed by atoms with van der Waals surface area (Å²) in [5.41, 5.74) is 3.37. The second-order valence-electron chi connectivity index (χ2n) is 8.65. The first kappa shape index (κ1) is 26.8. The van der Waals surface area contributed by atoms with Crippen molar-refractivity contribution in [3.8, 4) is 0 Å². The Labute approximate surface area is 215 Å². The standard InChI is InChI=1S/C28H31ClN2O3S/c1-5-34-27(32)25(26(28(3,4)29)31-35(33)23-18-16-20(2)17-19-23)30-24(21-12-8-6-9-13-21)22-14-10-7-11-15-22/h6-19,25-26,31H,5H2,1-4H3/t25-,26+,35-/m0/s1. The molecule has 1 N–H and O–H groups in total. The fourth-order valence-corrected chi connectivity index (χ4v) is 4.98. The highest BCUT2D eigenvalue weighted by atomic mass is 35.5. The molecule has 0 bridgehead atoms. The molecule has 0 radical (unpaired) electrons. The summed E-state index contributed by atoms with van der Waals surface area (Å²) in [7, 11) is -1.62. The molecule has 0 saturated carbocycles. The molecule has 3 atom stereocenters. The van der Waals surface area contributed by atoms with Crippen molar-refractivity contribution in [2.75, 3.05) is 6.61 Å². The third-order valence-corrected chi connectivity index (χ3v) is 6.82. The molecule has 5 nitrogen and oxygen atoms in total. The normalized spacial score (nSPS) is 14.0. The highest BCUT2D eigenvalue weighted by Crippen LogP contribution is 2.26. The number of alkyl halides is 1. The zero-order valence-electron chi connectivity index (χ0n) is 20.4. The molecule has 0 saturated heterocycles. The van der Waals surface area contributed by atoms with Gasteiger partial charge in [-0.05, 0) is 39.8 Å². The van der Waals surface area contributed by atoms with E-state index in [0.717, 1.165) is 16.7 Å². The molecular formula is C28H31ClN2O3S. The lowest BCUT2D eigenvalue weighted by molar-refractivity contribution is -0.145. The van der Waals surface area contributed by atoms with Crippen LogP contribution in [0.2, 0.25) is 0 Å². The van der Waals surface area contributed by atoms with Crippen LogP contribution in [0.5, 0.6) is 0 Å². The lowest BCUT2D eigenvalue weighted by Gasteiger charge is -2.33. The fourth-order valence-electron chi connectivity index (χ4n) is 3.56. The van der Waals surface area contributed by atoms with Crippen LogP contribution in [0, 0.1) is 6.92 Å². The first-order valence-electron chi connectivity index (χ1n) is 11.5. The van der Waals surface area contributed by atoms with Gasteiger partial charge in [-0.15, -0.1) is 11.6 Å². The van der Waals surface area contributed by atoms with Gasteiger partial charge < -0.3 is 4.74 Å². The number of esters is 1. The summed E-state index contributed by atoms with van der Waals surface area (Å²) in [6, 6.07) is 24.8. The van der Waals surface area contributed by atoms with E-state index in [-0.39, 0.29) is 6.61 Å². The predicted octanol–water partition coefficient (Wildman–Crippen LogP) is 5.46. The number of hydrogen-bond donors (Lipinski definition) is 1. The molecule has 184 valence electrons. The molecule has 0 aromatic heterocycles. The Hall–Kier alpha value is -2.80. The van der Waals surface area contributed by atoms with Crippen LogP contribution in [0.4, 0.5) is 0 Å². The number of aryl methyl sites for hydroxylation is 1. The number of rotatable bonds is 10. The summed E-state index contributed by atoms with van der Waals surface area (Å²) in [5, 5.41) is 0. The summed E-state index contributed by atoms with van der Waals surface area (Å²) in [6.07, 6.45) is 0. The SMILES string of the molecule is CCOC(=O)[C@@H](N=C(c1ccccc1)c1ccccc1)[C@@H](N[S@@](=O)c1ccc(C)cc1)C(C)(C)Cl. The summed E-state index contributed by atoms with van der Waals surface area (Å²) in [5.74, 6) is -0.538. The van der Waals surface area contributed by atoms with E-state index >= 15 is 0 Å². The molecule has 0 heterocycles. The van der Waals surface area contributed by atoms with Gasteiger partial charge in [0.15, 0.2) is 6.04 Å². The molecule has 3 rings (SSSR count). The van der Waals surface area contributed by atoms with E-state index in [1.807, 2.05) is 79.7 Å². The summed E-state index contributed by atoms with van der Waals surface area (Å²) >= 11 is 6.80. The maximum absolute atomic E-state index is 13.3. The summed E-state index contributed by atoms with van der Waals surface area (Å²) in [4.78, 5) is 17.8. The second-order valence-corrected chi connectivity index (χ2v) is 10.9. The van der Waals surface area contributed by atoms with Crippen LogP contribution >= 0.6 is 11.6 Å². The predicted molar refractivity (Wildman–Crippen MR) is 143 cm³/mol. The zero-order valence-corrected chi connectivity index (χ0v) is 22.0. The summed E-state index contributed by atoms with van der Waals surface area (Å²) < 4.78 is 21.7. The highest BCUT2D eigenvalue weighted by Gasteiger charge is 2.41. The topological polar surface area (TPSA) is 67.8 Å². The molecule has 0 aliphatic carbocycles. The lowest BCUT2D eigenvalue weighted by Crippen LogP contribution is -2.54. The van der Waals surface area contributed by atoms with Gasteiger partial charge in [0.05, 0.1) is 28.1 Å². The van der Waals surface area contributed by atoms with Crippen molar-refractivity contribution in [3.05, 3.63) is 102 Å². The number of ether oxygens (including phenoxy) is 1. The van der Waals surface area contributed by atoms with Crippen molar-refractivity contribution in [1.29, 1.82) is 0 Å². The number of halogens is 1. The number of hydrogen-bond acceptors (Lipinski definition) is 4. The molecule has 0 amide bonds. The van der Waals surface area contributed by atoms with Crippen molar-refractivity contribution in [1.82, 2.24) is 4.72 Å². The molecule has 7 heteroatoms. The largest absolute Gasteiger partial charge is 0.464 e. The number of benzene rings is 3. The molecule has 3 aromatic rings. The number of aliphatic imine (C=N–C) groups is 1. The number of nitrogens with zero attached hydrogens (tertiary/aromatic N) is 1. The van der Waals surface area contributed by atoms with E-state index in [9.17, 15) is 9.00 Å². The van der Waals surface area contributed by atoms with Gasteiger partial charge in [-0.25, -0.2) is 13.7 Å². The first-order valence-corrected chi connectivity index (χ1v) is 13.0. The number of carbonyl (C=O) groups excluding carboxylic acids is 1. The third kappa shape index (κ3) is 7.34. The molecule has 0 aliphatic rings. The van der Waals surface area contributed by atoms with Crippen LogP contribution in [-0.2, 0) is 20.5 Å². The van der Waals surface area contributed by atoms with Gasteiger partial charge in [0.1, 0.15) is 11.0 Å². The maximum Gasteiger partial charge on any atom is 0.332 e. The van der Waals surface area contributed by atoms with Gasteiger partial charge in [0, 0.05) is 11.1 Å². The molecule has 0 aliphatic heterocycles. The number of carbonyl (C=O) groups is 1. The minimum absolute atomic E-state index is 0.188. The van der Waals surface area contributed by atoms with Gasteiger partial charge in [0.25, 0.3) is 0 Å². The van der Waals surface area contributed by atoms with Gasteiger partial charge >= 0.3 is 5.97 Å². The van der Waals surface area contributed by atoms with Crippen LogP contribution in [-0.4, -0.2) is 39.5 Å². The third-order valence-electron chi connectivity index (χ3n) is 5.42. The summed E-state index contributed by atoms with van der Waals surface area (Å²) in [6.45, 7) is 7.43. The Morgan fingerprint density at radius 2 is 1.49 bits per heavy atom. The van der Waals surface area contributed by atoms with E-state index in [0.29, 0.717) is 10.6 Å². The van der Waals surface area contributed by atoms with Crippen LogP contribution < -0.4 is 4.72 Å². The molecule has 3 aromatic carbocycles. The van der Waals surface area contributed by atoms with Crippen molar-refractivity contribution >= 4 is 34.3 Å². The Kier molecular flexibility index (Phi) is 9.38. The zero-order chi connectivity index (χ0) is 25.4. The van der Waals surface area contributed by atoms with E-state index in [1.165, 1.54) is 0 Å². The van der Waals surface area contributed by atoms with Gasteiger partial charge in [0.2, 0.25) is 0 Å². The van der Waals surface area contributed by atoms with Crippen molar-refractivity contribution < 1.29 is 13.7 Å². The van der Waals surface area contributed by atoms with E-state index in [2.05, 4.69) is 4.72 Å². The van der Waals surface area contributed by atoms with Crippen LogP contribution in [0.3, 0.4) is 0 Å². The monoisotopic (exact) mass is 510 g/mol. The van der Waals surface area contributed by atoms with Gasteiger partial charge in [-0.3, -0.25) is 4.99 Å². The first-order chi connectivity index (χ1) is 16.7. The van der Waals surface area contributed by atoms with Crippen molar-refractivity contribution in [2.45, 2.75) is 49.5 Å². The molecule has 0 spiro atoms. The number of nitrogens with one attached hydrogen (secondary N) is 1. The smallest absolute Gasteiger partial charge is 0.332 e. The molecule has 0 fully saturated rings. The Bertz CT molecular complexity index is 1120. The maximum atomic E-state index is 13.3. The fraction of sp³-hybridized carbons (Fsp3) is 0.286. The average Bonchev–Trinajstić information content (AvgIpc) is 2.84. The Balaban J connectivity index is 2.11.